The Balaban J connectivity index is 1.40. The number of methoxy groups -OCH3 is 1. The van der Waals surface area contributed by atoms with Crippen LogP contribution in [-0.4, -0.2) is 57.8 Å². The van der Waals surface area contributed by atoms with Crippen molar-refractivity contribution >= 4 is 23.2 Å². The molecule has 2 aromatic heterocycles. The van der Waals surface area contributed by atoms with E-state index >= 15 is 0 Å². The molecule has 9 nitrogen and oxygen atoms in total. The zero-order valence-electron chi connectivity index (χ0n) is 24.6. The number of carbonyl (C=O) groups excluding carboxylic acids is 2. The summed E-state index contributed by atoms with van der Waals surface area (Å²) >= 11 is 1.62. The highest BCUT2D eigenvalue weighted by Crippen LogP contribution is 2.30. The Kier molecular flexibility index (Phi) is 9.22. The van der Waals surface area contributed by atoms with E-state index in [9.17, 15) is 9.59 Å². The third-order valence-corrected chi connectivity index (χ3v) is 8.50. The molecule has 42 heavy (non-hydrogen) atoms. The zero-order valence-corrected chi connectivity index (χ0v) is 25.4. The number of carbonyl (C=O) groups is 2. The standard InChI is InChI=1S/C32H37N5O4S/c1-21-16-22(2)37(35-21)26-9-7-8-25(18-26)32(39)36(27-10-5-6-14-33-31(27)38)19-24-11-12-28(29(17-24)40-4)41-15-13-30-23(3)34-20-42-30/h7-9,11-12,16-18,20,27H,5-6,10,13-15,19H2,1-4H3,(H,33,38)/t27-/m0/s1. The fourth-order valence-electron chi connectivity index (χ4n) is 5.32. The summed E-state index contributed by atoms with van der Waals surface area (Å²) in [6.07, 6.45) is 3.11. The van der Waals surface area contributed by atoms with Crippen LogP contribution in [0.4, 0.5) is 0 Å². The van der Waals surface area contributed by atoms with Crippen LogP contribution < -0.4 is 14.8 Å². The Labute approximate surface area is 250 Å². The first-order valence-electron chi connectivity index (χ1n) is 14.2. The summed E-state index contributed by atoms with van der Waals surface area (Å²) in [4.78, 5) is 34.5. The fourth-order valence-corrected chi connectivity index (χ4v) is 6.08. The van der Waals surface area contributed by atoms with Gasteiger partial charge in [-0.2, -0.15) is 5.10 Å². The molecular weight excluding hydrogens is 550 g/mol. The molecule has 0 unspecified atom stereocenters. The second-order valence-electron chi connectivity index (χ2n) is 10.6. The topological polar surface area (TPSA) is 98.6 Å². The van der Waals surface area contributed by atoms with Gasteiger partial charge in [0.25, 0.3) is 5.91 Å². The van der Waals surface area contributed by atoms with E-state index in [-0.39, 0.29) is 18.4 Å². The number of benzene rings is 2. The molecule has 1 aliphatic rings. The molecule has 1 N–H and O–H groups in total. The van der Waals surface area contributed by atoms with Crippen LogP contribution in [0.15, 0.2) is 54.0 Å². The van der Waals surface area contributed by atoms with Crippen molar-refractivity contribution < 1.29 is 19.1 Å². The number of nitrogens with zero attached hydrogens (tertiary/aromatic N) is 4. The normalized spacial score (nSPS) is 15.1. The van der Waals surface area contributed by atoms with Crippen LogP contribution in [0, 0.1) is 20.8 Å². The molecule has 1 fully saturated rings. The predicted molar refractivity (Wildman–Crippen MR) is 163 cm³/mol. The van der Waals surface area contributed by atoms with E-state index in [0.717, 1.165) is 47.6 Å². The van der Waals surface area contributed by atoms with E-state index in [1.807, 2.05) is 73.4 Å². The summed E-state index contributed by atoms with van der Waals surface area (Å²) in [6.45, 7) is 7.29. The minimum Gasteiger partial charge on any atom is -0.493 e. The summed E-state index contributed by atoms with van der Waals surface area (Å²) in [5, 5.41) is 7.56. The van der Waals surface area contributed by atoms with Gasteiger partial charge in [-0.05, 0) is 82.0 Å². The number of aryl methyl sites for hydroxylation is 3. The van der Waals surface area contributed by atoms with Crippen LogP contribution in [-0.2, 0) is 17.8 Å². The first-order chi connectivity index (χ1) is 20.3. The maximum absolute atomic E-state index is 14.1. The molecular formula is C32H37N5O4S. The van der Waals surface area contributed by atoms with Gasteiger partial charge in [0, 0.05) is 35.6 Å². The molecule has 2 aromatic carbocycles. The van der Waals surface area contributed by atoms with E-state index in [4.69, 9.17) is 9.47 Å². The summed E-state index contributed by atoms with van der Waals surface area (Å²) in [6, 6.07) is 14.5. The van der Waals surface area contributed by atoms with Crippen molar-refractivity contribution in [2.45, 2.75) is 59.0 Å². The first-order valence-corrected chi connectivity index (χ1v) is 15.1. The van der Waals surface area contributed by atoms with Crippen LogP contribution in [0.2, 0.25) is 0 Å². The summed E-state index contributed by atoms with van der Waals surface area (Å²) in [5.41, 5.74) is 6.90. The number of rotatable bonds is 10. The van der Waals surface area contributed by atoms with E-state index in [0.29, 0.717) is 36.6 Å². The van der Waals surface area contributed by atoms with Gasteiger partial charge in [-0.15, -0.1) is 11.3 Å². The molecule has 2 amide bonds. The molecule has 0 radical (unpaired) electrons. The summed E-state index contributed by atoms with van der Waals surface area (Å²) in [5.74, 6) is 0.879. The Morgan fingerprint density at radius 1 is 1.12 bits per heavy atom. The lowest BCUT2D eigenvalue weighted by Crippen LogP contribution is -2.48. The van der Waals surface area contributed by atoms with Gasteiger partial charge >= 0.3 is 0 Å². The van der Waals surface area contributed by atoms with Gasteiger partial charge in [-0.1, -0.05) is 12.1 Å². The minimum atomic E-state index is -0.582. The van der Waals surface area contributed by atoms with E-state index in [1.54, 1.807) is 29.4 Å². The van der Waals surface area contributed by atoms with Gasteiger partial charge in [0.05, 0.1) is 36.3 Å². The van der Waals surface area contributed by atoms with Crippen molar-refractivity contribution in [2.75, 3.05) is 20.3 Å². The summed E-state index contributed by atoms with van der Waals surface area (Å²) in [7, 11) is 1.60. The number of amides is 2. The van der Waals surface area contributed by atoms with Gasteiger partial charge in [-0.3, -0.25) is 9.59 Å². The van der Waals surface area contributed by atoms with Crippen LogP contribution in [0.25, 0.3) is 5.69 Å². The van der Waals surface area contributed by atoms with Gasteiger partial charge in [0.1, 0.15) is 6.04 Å². The third kappa shape index (κ3) is 6.65. The molecule has 5 rings (SSSR count). The van der Waals surface area contributed by atoms with Crippen molar-refractivity contribution in [3.05, 3.63) is 87.1 Å². The summed E-state index contributed by atoms with van der Waals surface area (Å²) < 4.78 is 13.5. The average Bonchev–Trinajstić information content (AvgIpc) is 3.48. The number of ether oxygens (including phenoxy) is 2. The molecule has 1 saturated heterocycles. The zero-order chi connectivity index (χ0) is 29.6. The number of hydrogen-bond acceptors (Lipinski definition) is 7. The van der Waals surface area contributed by atoms with Crippen molar-refractivity contribution in [1.82, 2.24) is 25.0 Å². The van der Waals surface area contributed by atoms with E-state index in [2.05, 4.69) is 15.4 Å². The van der Waals surface area contributed by atoms with E-state index in [1.165, 1.54) is 4.88 Å². The Bertz CT molecular complexity index is 1560. The molecule has 4 aromatic rings. The van der Waals surface area contributed by atoms with Gasteiger partial charge in [-0.25, -0.2) is 9.67 Å². The third-order valence-electron chi connectivity index (χ3n) is 7.50. The second-order valence-corrected chi connectivity index (χ2v) is 11.5. The Morgan fingerprint density at radius 3 is 2.71 bits per heavy atom. The van der Waals surface area contributed by atoms with E-state index < -0.39 is 6.04 Å². The van der Waals surface area contributed by atoms with Crippen LogP contribution >= 0.6 is 11.3 Å². The Hall–Kier alpha value is -4.18. The fraction of sp³-hybridized carbons (Fsp3) is 0.375. The second kappa shape index (κ2) is 13.2. The molecule has 0 saturated carbocycles. The smallest absolute Gasteiger partial charge is 0.254 e. The number of thiazole rings is 1. The number of nitrogens with one attached hydrogen (secondary N) is 1. The molecule has 3 heterocycles. The van der Waals surface area contributed by atoms with Gasteiger partial charge in [0.2, 0.25) is 5.91 Å². The lowest BCUT2D eigenvalue weighted by atomic mass is 10.0. The van der Waals surface area contributed by atoms with Crippen LogP contribution in [0.5, 0.6) is 11.5 Å². The molecule has 10 heteroatoms. The quantitative estimate of drug-likeness (QED) is 0.274. The highest BCUT2D eigenvalue weighted by molar-refractivity contribution is 7.09. The molecule has 0 aliphatic carbocycles. The van der Waals surface area contributed by atoms with Gasteiger partial charge < -0.3 is 19.7 Å². The maximum atomic E-state index is 14.1. The predicted octanol–water partition coefficient (Wildman–Crippen LogP) is 5.20. The monoisotopic (exact) mass is 587 g/mol. The maximum Gasteiger partial charge on any atom is 0.254 e. The molecule has 0 bridgehead atoms. The number of aromatic nitrogens is 3. The molecule has 1 aliphatic heterocycles. The van der Waals surface area contributed by atoms with Crippen molar-refractivity contribution in [1.29, 1.82) is 0 Å². The van der Waals surface area contributed by atoms with Crippen LogP contribution in [0.1, 0.15) is 57.1 Å². The minimum absolute atomic E-state index is 0.124. The molecule has 220 valence electrons. The van der Waals surface area contributed by atoms with Crippen LogP contribution in [0.3, 0.4) is 0 Å². The van der Waals surface area contributed by atoms with Crippen molar-refractivity contribution in [3.63, 3.8) is 0 Å². The largest absolute Gasteiger partial charge is 0.493 e. The molecule has 1 atom stereocenters. The highest BCUT2D eigenvalue weighted by atomic mass is 32.1. The Morgan fingerprint density at radius 2 is 1.98 bits per heavy atom. The average molecular weight is 588 g/mol. The first kappa shape index (κ1) is 29.3. The van der Waals surface area contributed by atoms with Gasteiger partial charge in [0.15, 0.2) is 11.5 Å². The lowest BCUT2D eigenvalue weighted by molar-refractivity contribution is -0.125. The van der Waals surface area contributed by atoms with Crippen molar-refractivity contribution in [2.24, 2.45) is 0 Å². The SMILES string of the molecule is COc1cc(CN(C(=O)c2cccc(-n3nc(C)cc3C)c2)[C@H]2CCCCNC2=O)ccc1OCCc1scnc1C. The highest BCUT2D eigenvalue weighted by Gasteiger charge is 2.32. The lowest BCUT2D eigenvalue weighted by Gasteiger charge is -2.30. The number of hydrogen-bond donors (Lipinski definition) is 1. The molecule has 0 spiro atoms. The van der Waals surface area contributed by atoms with Crippen molar-refractivity contribution in [3.8, 4) is 17.2 Å².